The van der Waals surface area contributed by atoms with Gasteiger partial charge in [-0.2, -0.15) is 0 Å². The zero-order chi connectivity index (χ0) is 12.6. The van der Waals surface area contributed by atoms with E-state index >= 15 is 0 Å². The number of hydrogen-bond donors (Lipinski definition) is 0. The molecule has 0 radical (unpaired) electrons. The summed E-state index contributed by atoms with van der Waals surface area (Å²) in [6.07, 6.45) is 0.911. The molecule has 2 aliphatic rings. The Morgan fingerprint density at radius 1 is 1.29 bits per heavy atom. The Morgan fingerprint density at radius 3 is 2.59 bits per heavy atom. The Labute approximate surface area is 100.0 Å². The summed E-state index contributed by atoms with van der Waals surface area (Å²) in [4.78, 5) is 22.7. The van der Waals surface area contributed by atoms with Crippen LogP contribution in [0.4, 0.5) is 0 Å². The van der Waals surface area contributed by atoms with E-state index in [2.05, 4.69) is 4.74 Å². The van der Waals surface area contributed by atoms with Crippen molar-refractivity contribution in [3.63, 3.8) is 0 Å². The van der Waals surface area contributed by atoms with Crippen molar-refractivity contribution in [1.29, 1.82) is 0 Å². The molecular formula is C10H15NO5S. The first kappa shape index (κ1) is 12.5. The zero-order valence-corrected chi connectivity index (χ0v) is 10.4. The predicted molar refractivity (Wildman–Crippen MR) is 58.3 cm³/mol. The third-order valence-electron chi connectivity index (χ3n) is 3.24. The fourth-order valence-electron chi connectivity index (χ4n) is 2.33. The second kappa shape index (κ2) is 4.38. The number of cyclic esters (lactones) is 2. The Bertz CT molecular complexity index is 444. The normalized spacial score (nSPS) is 30.2. The molecule has 96 valence electrons. The van der Waals surface area contributed by atoms with Crippen LogP contribution in [0.1, 0.15) is 19.8 Å². The van der Waals surface area contributed by atoms with Crippen molar-refractivity contribution in [2.75, 3.05) is 18.8 Å². The van der Waals surface area contributed by atoms with Gasteiger partial charge in [-0.25, -0.2) is 12.7 Å². The van der Waals surface area contributed by atoms with Crippen molar-refractivity contribution in [3.8, 4) is 0 Å². The molecule has 0 aromatic rings. The van der Waals surface area contributed by atoms with E-state index in [0.29, 0.717) is 19.4 Å². The van der Waals surface area contributed by atoms with Gasteiger partial charge in [0.1, 0.15) is 0 Å². The van der Waals surface area contributed by atoms with Crippen LogP contribution in [-0.2, 0) is 24.3 Å². The summed E-state index contributed by atoms with van der Waals surface area (Å²) < 4.78 is 29.5. The van der Waals surface area contributed by atoms with Gasteiger partial charge in [0.25, 0.3) is 0 Å². The smallest absolute Gasteiger partial charge is 0.318 e. The average molecular weight is 261 g/mol. The first-order valence-electron chi connectivity index (χ1n) is 5.69. The maximum atomic E-state index is 11.9. The lowest BCUT2D eigenvalue weighted by Gasteiger charge is -2.30. The molecule has 0 amide bonds. The van der Waals surface area contributed by atoms with Gasteiger partial charge < -0.3 is 4.74 Å². The van der Waals surface area contributed by atoms with Crippen molar-refractivity contribution >= 4 is 22.0 Å². The minimum absolute atomic E-state index is 0.0768. The highest BCUT2D eigenvalue weighted by atomic mass is 32.2. The number of carbonyl (C=O) groups excluding carboxylic acids is 2. The maximum Gasteiger partial charge on any atom is 0.318 e. The summed E-state index contributed by atoms with van der Waals surface area (Å²) in [5.74, 6) is -2.07. The van der Waals surface area contributed by atoms with Crippen LogP contribution >= 0.6 is 0 Å². The van der Waals surface area contributed by atoms with E-state index in [-0.39, 0.29) is 12.3 Å². The summed E-state index contributed by atoms with van der Waals surface area (Å²) in [5.41, 5.74) is 0. The molecule has 0 bridgehead atoms. The molecular weight excluding hydrogens is 246 g/mol. The zero-order valence-electron chi connectivity index (χ0n) is 9.59. The molecule has 2 unspecified atom stereocenters. The Balaban J connectivity index is 2.13. The number of sulfonamides is 1. The molecule has 2 heterocycles. The number of ether oxygens (including phenoxy) is 1. The standard InChI is InChI=1S/C10H15NO5S/c1-2-5-17(14,15)11-4-3-7-8(6-11)10(13)16-9(7)12/h7-8H,2-6H2,1H3. The molecule has 2 rings (SSSR count). The minimum atomic E-state index is -3.30. The lowest BCUT2D eigenvalue weighted by molar-refractivity contribution is -0.153. The van der Waals surface area contributed by atoms with Crippen LogP contribution in [0.2, 0.25) is 0 Å². The summed E-state index contributed by atoms with van der Waals surface area (Å²) in [6.45, 7) is 2.17. The lowest BCUT2D eigenvalue weighted by atomic mass is 9.89. The molecule has 0 spiro atoms. The Hall–Kier alpha value is -0.950. The molecule has 0 N–H and O–H groups in total. The fraction of sp³-hybridized carbons (Fsp3) is 0.800. The second-order valence-corrected chi connectivity index (χ2v) is 6.50. The van der Waals surface area contributed by atoms with E-state index in [0.717, 1.165) is 0 Å². The summed E-state index contributed by atoms with van der Waals surface area (Å²) in [7, 11) is -3.30. The number of rotatable bonds is 3. The first-order valence-corrected chi connectivity index (χ1v) is 7.30. The van der Waals surface area contributed by atoms with Crippen molar-refractivity contribution in [2.45, 2.75) is 19.8 Å². The largest absolute Gasteiger partial charge is 0.393 e. The van der Waals surface area contributed by atoms with Crippen LogP contribution in [-0.4, -0.2) is 43.5 Å². The highest BCUT2D eigenvalue weighted by Crippen LogP contribution is 2.32. The van der Waals surface area contributed by atoms with Gasteiger partial charge in [-0.15, -0.1) is 0 Å². The third-order valence-corrected chi connectivity index (χ3v) is 5.28. The van der Waals surface area contributed by atoms with Crippen molar-refractivity contribution in [1.82, 2.24) is 4.31 Å². The molecule has 6 nitrogen and oxygen atoms in total. The van der Waals surface area contributed by atoms with Gasteiger partial charge in [-0.1, -0.05) is 6.92 Å². The SMILES string of the molecule is CCCS(=O)(=O)N1CCC2C(=O)OC(=O)C2C1. The van der Waals surface area contributed by atoms with E-state index in [1.54, 1.807) is 6.92 Å². The first-order chi connectivity index (χ1) is 7.95. The van der Waals surface area contributed by atoms with Gasteiger partial charge in [0.05, 0.1) is 17.6 Å². The van der Waals surface area contributed by atoms with Crippen molar-refractivity contribution < 1.29 is 22.7 Å². The number of esters is 2. The van der Waals surface area contributed by atoms with Gasteiger partial charge in [0, 0.05) is 13.1 Å². The molecule has 0 aromatic heterocycles. The number of piperidine rings is 1. The van der Waals surface area contributed by atoms with E-state index in [1.807, 2.05) is 0 Å². The van der Waals surface area contributed by atoms with Crippen LogP contribution in [0, 0.1) is 11.8 Å². The summed E-state index contributed by atoms with van der Waals surface area (Å²) in [6, 6.07) is 0. The maximum absolute atomic E-state index is 11.9. The van der Waals surface area contributed by atoms with E-state index < -0.39 is 33.8 Å². The van der Waals surface area contributed by atoms with Gasteiger partial charge >= 0.3 is 11.9 Å². The highest BCUT2D eigenvalue weighted by molar-refractivity contribution is 7.89. The quantitative estimate of drug-likeness (QED) is 0.517. The van der Waals surface area contributed by atoms with Crippen LogP contribution < -0.4 is 0 Å². The number of nitrogens with zero attached hydrogens (tertiary/aromatic N) is 1. The van der Waals surface area contributed by atoms with Crippen molar-refractivity contribution in [3.05, 3.63) is 0 Å². The highest BCUT2D eigenvalue weighted by Gasteiger charge is 2.48. The van der Waals surface area contributed by atoms with Crippen LogP contribution in [0.5, 0.6) is 0 Å². The van der Waals surface area contributed by atoms with E-state index in [4.69, 9.17) is 0 Å². The number of hydrogen-bond acceptors (Lipinski definition) is 5. The second-order valence-electron chi connectivity index (χ2n) is 4.42. The molecule has 0 aliphatic carbocycles. The topological polar surface area (TPSA) is 80.8 Å². The van der Waals surface area contributed by atoms with Crippen LogP contribution in [0.25, 0.3) is 0 Å². The van der Waals surface area contributed by atoms with Gasteiger partial charge in [-0.05, 0) is 12.8 Å². The van der Waals surface area contributed by atoms with E-state index in [9.17, 15) is 18.0 Å². The number of fused-ring (bicyclic) bond motifs is 1. The monoisotopic (exact) mass is 261 g/mol. The van der Waals surface area contributed by atoms with Crippen LogP contribution in [0.3, 0.4) is 0 Å². The summed E-state index contributed by atoms with van der Waals surface area (Å²) >= 11 is 0. The van der Waals surface area contributed by atoms with Gasteiger partial charge in [0.2, 0.25) is 10.0 Å². The molecule has 17 heavy (non-hydrogen) atoms. The fourth-order valence-corrected chi connectivity index (χ4v) is 3.88. The summed E-state index contributed by atoms with van der Waals surface area (Å²) in [5, 5.41) is 0. The Morgan fingerprint density at radius 2 is 1.94 bits per heavy atom. The van der Waals surface area contributed by atoms with Gasteiger partial charge in [-0.3, -0.25) is 9.59 Å². The third kappa shape index (κ3) is 2.21. The molecule has 2 atom stereocenters. The predicted octanol–water partition coefficient (Wildman–Crippen LogP) is -0.252. The van der Waals surface area contributed by atoms with Gasteiger partial charge in [0.15, 0.2) is 0 Å². The van der Waals surface area contributed by atoms with Crippen molar-refractivity contribution in [2.24, 2.45) is 11.8 Å². The molecule has 2 aliphatic heterocycles. The average Bonchev–Trinajstić information content (AvgIpc) is 2.54. The van der Waals surface area contributed by atoms with Crippen LogP contribution in [0.15, 0.2) is 0 Å². The van der Waals surface area contributed by atoms with E-state index in [1.165, 1.54) is 4.31 Å². The molecule has 2 fully saturated rings. The minimum Gasteiger partial charge on any atom is -0.393 e. The molecule has 0 saturated carbocycles. The lowest BCUT2D eigenvalue weighted by Crippen LogP contribution is -2.45. The molecule has 7 heteroatoms. The molecule has 0 aromatic carbocycles. The molecule has 2 saturated heterocycles. The Kier molecular flexibility index (Phi) is 3.22. The number of carbonyl (C=O) groups is 2.